The first kappa shape index (κ1) is 109. The fourth-order valence-corrected chi connectivity index (χ4v) is 21.3. The minimum Gasteiger partial charge on any atom is -0.465 e. The van der Waals surface area contributed by atoms with E-state index in [1.165, 1.54) is 103 Å². The third kappa shape index (κ3) is 32.0. The number of nitro groups is 1. The molecule has 4 fully saturated rings. The van der Waals surface area contributed by atoms with Gasteiger partial charge in [0.25, 0.3) is 17.5 Å². The van der Waals surface area contributed by atoms with E-state index in [2.05, 4.69) is 10.2 Å². The van der Waals surface area contributed by atoms with Gasteiger partial charge in [0.15, 0.2) is 0 Å². The molecule has 0 aromatic heterocycles. The Bertz CT molecular complexity index is 6490. The van der Waals surface area contributed by atoms with E-state index in [0.29, 0.717) is 115 Å². The van der Waals surface area contributed by atoms with Crippen LogP contribution >= 0.6 is 46.4 Å². The number of likely N-dealkylation sites (N-methyl/N-ethyl adjacent to an activating group) is 1. The number of nitrogen functional groups attached to an aromatic ring is 1. The van der Waals surface area contributed by atoms with Crippen molar-refractivity contribution in [1.29, 1.82) is 0 Å². The number of carbonyl (C=O) groups excluding carboxylic acids is 6. The van der Waals surface area contributed by atoms with Crippen LogP contribution in [0, 0.1) is 10.1 Å². The third-order valence-electron chi connectivity index (χ3n) is 22.8. The number of nitrogens with two attached hydrogens (primary N) is 1. The zero-order chi connectivity index (χ0) is 101. The molecule has 38 heteroatoms. The summed E-state index contributed by atoms with van der Waals surface area (Å²) in [5.74, 6) is -2.34. The molecule has 738 valence electrons. The number of sulfonamides is 4. The molecule has 0 aliphatic carbocycles. The fourth-order valence-electron chi connectivity index (χ4n) is 15.2. The number of amides is 2. The molecule has 4 unspecified atom stereocenters. The predicted octanol–water partition coefficient (Wildman–Crippen LogP) is 17.6. The van der Waals surface area contributed by atoms with Crippen LogP contribution in [-0.2, 0) is 85.2 Å². The van der Waals surface area contributed by atoms with Crippen LogP contribution in [0.3, 0.4) is 0 Å². The minimum atomic E-state index is -3.96. The first-order chi connectivity index (χ1) is 66.4. The van der Waals surface area contributed by atoms with Crippen molar-refractivity contribution in [3.05, 3.63) is 372 Å². The molecule has 139 heavy (non-hydrogen) atoms. The summed E-state index contributed by atoms with van der Waals surface area (Å²) in [5.41, 5.74) is 14.3. The molecule has 10 aromatic carbocycles. The molecule has 30 nitrogen and oxygen atoms in total. The van der Waals surface area contributed by atoms with Crippen LogP contribution in [-0.4, -0.2) is 218 Å². The fraction of sp³-hybridized carbons (Fsp3) is 0.267. The SMILES string of the molecule is C.C.COC(=O)c1ccc(CN(C2CCN(C(=O)c3ccc(N)cc3)C2)S(=O)(=O)/C=C/c2ccc(Cl)cc2)cc1.COC(=O)c1ccc(CN(C2CCN(C(=O)c3ccc([N+](=O)[O-])cc3)C2)S(=O)(=O)/C=C/c2ccc(Cl)cc2)cc1.COC(=O)c1ccc(CN(C2CCN(C)C2)S(=O)(=O)/C=C/c2ccc(Cl)cc2)cc1.COC(=O)c1ccc(CN(C2CCNC2)S(=O)(=O)/C=C/c2ccc(Cl)cc2)cc1.[2H][2H]. The van der Waals surface area contributed by atoms with Crippen LogP contribution in [0.2, 0.25) is 20.1 Å². The number of nitro benzene ring substituents is 1. The van der Waals surface area contributed by atoms with Gasteiger partial charge in [-0.1, -0.05) is 158 Å². The van der Waals surface area contributed by atoms with Crippen molar-refractivity contribution in [2.45, 2.75) is 90.9 Å². The Morgan fingerprint density at radius 2 is 0.640 bits per heavy atom. The molecule has 0 saturated carbocycles. The number of nitrogens with one attached hydrogen (secondary N) is 1. The lowest BCUT2D eigenvalue weighted by molar-refractivity contribution is -0.384. The highest BCUT2D eigenvalue weighted by Crippen LogP contribution is 2.31. The van der Waals surface area contributed by atoms with Crippen LogP contribution < -0.4 is 11.1 Å². The van der Waals surface area contributed by atoms with Gasteiger partial charge in [-0.25, -0.2) is 52.8 Å². The first-order valence-electron chi connectivity index (χ1n) is 44.0. The van der Waals surface area contributed by atoms with Crippen LogP contribution in [0.15, 0.2) is 264 Å². The van der Waals surface area contributed by atoms with Crippen molar-refractivity contribution in [2.75, 3.05) is 93.6 Å². The van der Waals surface area contributed by atoms with Gasteiger partial charge in [-0.3, -0.25) is 19.7 Å². The van der Waals surface area contributed by atoms with Gasteiger partial charge in [0.05, 0.1) is 55.6 Å². The second-order valence-corrected chi connectivity index (χ2v) is 41.0. The number of esters is 4. The number of methoxy groups -OCH3 is 4. The molecule has 4 heterocycles. The molecule has 0 bridgehead atoms. The van der Waals surface area contributed by atoms with E-state index in [4.69, 9.17) is 74.1 Å². The molecule has 4 aliphatic rings. The van der Waals surface area contributed by atoms with E-state index in [-0.39, 0.29) is 89.3 Å². The van der Waals surface area contributed by atoms with E-state index in [9.17, 15) is 72.6 Å². The summed E-state index contributed by atoms with van der Waals surface area (Å²) in [6.45, 7) is 4.56. The maximum atomic E-state index is 13.6. The topological polar surface area (TPSA) is 380 Å². The molecule has 2 amide bonds. The normalized spacial score (nSPS) is 16.2. The van der Waals surface area contributed by atoms with Crippen LogP contribution in [0.25, 0.3) is 24.3 Å². The number of hydrogen-bond acceptors (Lipinski definition) is 23. The summed E-state index contributed by atoms with van der Waals surface area (Å²) in [5, 5.41) is 21.2. The minimum absolute atomic E-state index is 0. The number of anilines is 1. The number of nitrogens with zero attached hydrogens (tertiary/aromatic N) is 8. The number of non-ortho nitro benzene ring substituents is 1. The van der Waals surface area contributed by atoms with Gasteiger partial charge in [0.1, 0.15) is 0 Å². The lowest BCUT2D eigenvalue weighted by Crippen LogP contribution is -2.41. The highest BCUT2D eigenvalue weighted by Gasteiger charge is 2.40. The zero-order valence-corrected chi connectivity index (χ0v) is 81.6. The number of benzene rings is 10. The Kier molecular flexibility index (Phi) is 40.5. The van der Waals surface area contributed by atoms with Crippen molar-refractivity contribution in [1.82, 2.24) is 37.2 Å². The average molecular weight is 2060 g/mol. The van der Waals surface area contributed by atoms with Gasteiger partial charge in [-0.2, -0.15) is 17.2 Å². The van der Waals surface area contributed by atoms with Crippen LogP contribution in [0.5, 0.6) is 0 Å². The highest BCUT2D eigenvalue weighted by atomic mass is 35.5. The van der Waals surface area contributed by atoms with E-state index >= 15 is 0 Å². The molecule has 10 aromatic rings. The summed E-state index contributed by atoms with van der Waals surface area (Å²) in [6.07, 6.45) is 8.54. The van der Waals surface area contributed by atoms with Crippen molar-refractivity contribution >= 4 is 158 Å². The summed E-state index contributed by atoms with van der Waals surface area (Å²) >= 11 is 23.7. The molecule has 4 atom stereocenters. The number of ether oxygens (including phenoxy) is 4. The Morgan fingerprint density at radius 3 is 0.885 bits per heavy atom. The number of likely N-dealkylation sites (tertiary alicyclic amines) is 3. The molecule has 0 spiro atoms. The molecular formula is C101H112Cl4N10O20S4. The van der Waals surface area contributed by atoms with Gasteiger partial charge < -0.3 is 44.7 Å². The monoisotopic (exact) mass is 2050 g/mol. The average Bonchev–Trinajstić information content (AvgIpc) is 1.65. The summed E-state index contributed by atoms with van der Waals surface area (Å²) in [4.78, 5) is 88.7. The van der Waals surface area contributed by atoms with Gasteiger partial charge >= 0.3 is 23.9 Å². The van der Waals surface area contributed by atoms with E-state index < -0.39 is 81.0 Å². The number of hydrogen-bond donors (Lipinski definition) is 2. The maximum absolute atomic E-state index is 13.6. The molecule has 4 aliphatic heterocycles. The Hall–Kier alpha value is -12.1. The van der Waals surface area contributed by atoms with Crippen molar-refractivity contribution < 1.29 is 89.3 Å². The molecule has 14 rings (SSSR count). The number of rotatable bonds is 31. The Balaban J connectivity index is 0.000000230. The summed E-state index contributed by atoms with van der Waals surface area (Å²) in [7, 11) is -7.95. The predicted molar refractivity (Wildman–Crippen MR) is 546 cm³/mol. The number of carbonyl (C=O) groups is 6. The van der Waals surface area contributed by atoms with Crippen LogP contribution in [0.4, 0.5) is 11.4 Å². The Labute approximate surface area is 835 Å². The standard InChI is InChI=1S/C28H26ClN3O7S.C28H28ClN3O5S.C22H25ClN2O4S.C21H23ClN2O4S.2CH4.H2/c1-39-28(34)23-6-2-21(3-7-23)18-31(40(37,38)17-15-20-4-10-24(29)11-5-20)26-14-16-30(19-26)27(33)22-8-12-25(13-9-22)32(35)36;1-37-28(34)23-6-2-21(3-7-23)18-32(38(35,36)17-15-20-4-10-24(29)11-5-20)26-14-16-31(19-26)27(33)22-8-12-25(30)13-9-22;1-24-13-11-21(16-24)25(15-18-3-7-19(8-4-18)22(26)29-2)30(27,28)14-12-17-5-9-20(23)10-6-17;1-28-21(25)18-6-2-17(3-7-18)15-24(20-10-12-23-14-20)29(26,27)13-11-16-4-8-19(22)9-5-16;;;/h2-13,15,17,26H,14,16,18-19H2,1H3;2-13,15,17,26H,14,16,18-19,30H2,1H3;3-10,12,14,21H,11,13,15-16H2,1-2H3;2-9,11,13,20,23H,10,12,14-15H2,1H3;2*1H4;1H/b2*17-15+;14-12+;13-11+;;;/i;;;;;;1+1D. The lowest BCUT2D eigenvalue weighted by Gasteiger charge is -2.27. The molecule has 0 radical (unpaired) electrons. The van der Waals surface area contributed by atoms with Crippen molar-refractivity contribution in [3.63, 3.8) is 0 Å². The summed E-state index contributed by atoms with van der Waals surface area (Å²) < 4.78 is 142. The molecular weight excluding hydrogens is 1940 g/mol. The zero-order valence-electron chi connectivity index (χ0n) is 77.3. The quantitative estimate of drug-likeness (QED) is 0.0134. The second-order valence-electron chi connectivity index (χ2n) is 32.2. The van der Waals surface area contributed by atoms with Crippen molar-refractivity contribution in [3.8, 4) is 0 Å². The first-order valence-corrected chi connectivity index (χ1v) is 50.5. The second kappa shape index (κ2) is 51.7. The van der Waals surface area contributed by atoms with Gasteiger partial charge in [0, 0.05) is 163 Å². The van der Waals surface area contributed by atoms with Gasteiger partial charge in [0.2, 0.25) is 40.1 Å². The molecule has 4 saturated heterocycles. The lowest BCUT2D eigenvalue weighted by atomic mass is 10.1. The van der Waals surface area contributed by atoms with Gasteiger partial charge in [-0.15, -0.1) is 0 Å². The van der Waals surface area contributed by atoms with E-state index in [1.807, 2.05) is 7.05 Å². The van der Waals surface area contributed by atoms with Crippen LogP contribution in [0.1, 0.15) is 150 Å². The summed E-state index contributed by atoms with van der Waals surface area (Å²) in [6, 6.07) is 64.9. The number of halogens is 4. The highest BCUT2D eigenvalue weighted by molar-refractivity contribution is 7.93. The van der Waals surface area contributed by atoms with E-state index in [0.717, 1.165) is 53.6 Å². The smallest absolute Gasteiger partial charge is 0.337 e. The van der Waals surface area contributed by atoms with Crippen molar-refractivity contribution in [2.24, 2.45) is 0 Å². The molecule has 3 N–H and O–H groups in total. The largest absolute Gasteiger partial charge is 0.465 e. The maximum Gasteiger partial charge on any atom is 0.337 e. The van der Waals surface area contributed by atoms with E-state index in [1.54, 1.807) is 235 Å². The third-order valence-corrected chi connectivity index (χ3v) is 30.0. The van der Waals surface area contributed by atoms with Gasteiger partial charge in [-0.05, 0) is 248 Å². The Morgan fingerprint density at radius 1 is 0.388 bits per heavy atom.